The van der Waals surface area contributed by atoms with E-state index < -0.39 is 21.8 Å². The van der Waals surface area contributed by atoms with Gasteiger partial charge in [0.1, 0.15) is 0 Å². The predicted molar refractivity (Wildman–Crippen MR) is 41.2 cm³/mol. The van der Waals surface area contributed by atoms with Crippen LogP contribution in [0, 0.1) is 0 Å². The van der Waals surface area contributed by atoms with E-state index in [4.69, 9.17) is 5.73 Å². The van der Waals surface area contributed by atoms with E-state index in [1.807, 2.05) is 0 Å². The molecule has 0 aromatic heterocycles. The van der Waals surface area contributed by atoms with Crippen LogP contribution in [0.25, 0.3) is 0 Å². The number of sulfonamides is 1. The summed E-state index contributed by atoms with van der Waals surface area (Å²) in [5.74, 6) is -3.38. The third-order valence-corrected chi connectivity index (χ3v) is 2.40. The third kappa shape index (κ3) is 3.93. The summed E-state index contributed by atoms with van der Waals surface area (Å²) in [5, 5.41) is 0. The molecule has 74 valence electrons. The monoisotopic (exact) mass is 202 g/mol. The minimum absolute atomic E-state index is 0.257. The summed E-state index contributed by atoms with van der Waals surface area (Å²) >= 11 is 0. The average molecular weight is 202 g/mol. The lowest BCUT2D eigenvalue weighted by Crippen LogP contribution is -2.37. The highest BCUT2D eigenvalue weighted by Crippen LogP contribution is 2.03. The first kappa shape index (κ1) is 11.7. The largest absolute Gasteiger partial charge is 0.350 e. The first-order chi connectivity index (χ1) is 5.40. The molecular weight excluding hydrogens is 190 g/mol. The molecule has 0 fully saturated rings. The van der Waals surface area contributed by atoms with E-state index in [2.05, 4.69) is 0 Å². The SMILES string of the molecule is CC(CCN)NS(=O)(=O)C(F)F. The van der Waals surface area contributed by atoms with Gasteiger partial charge in [0.2, 0.25) is 0 Å². The maximum atomic E-state index is 11.7. The van der Waals surface area contributed by atoms with E-state index in [1.165, 1.54) is 6.92 Å². The molecule has 0 spiro atoms. The van der Waals surface area contributed by atoms with Gasteiger partial charge in [0.05, 0.1) is 0 Å². The molecule has 0 heterocycles. The number of nitrogens with one attached hydrogen (secondary N) is 1. The lowest BCUT2D eigenvalue weighted by Gasteiger charge is -2.11. The molecule has 0 aliphatic carbocycles. The van der Waals surface area contributed by atoms with Crippen molar-refractivity contribution in [2.75, 3.05) is 6.54 Å². The molecule has 0 aliphatic heterocycles. The summed E-state index contributed by atoms with van der Waals surface area (Å²) in [6.45, 7) is 1.74. The minimum atomic E-state index is -4.46. The van der Waals surface area contributed by atoms with Crippen LogP contribution in [0.2, 0.25) is 0 Å². The van der Waals surface area contributed by atoms with Crippen molar-refractivity contribution < 1.29 is 17.2 Å². The molecule has 0 aliphatic rings. The molecular formula is C5H12F2N2O2S. The Morgan fingerprint density at radius 3 is 2.33 bits per heavy atom. The molecule has 0 aromatic carbocycles. The smallest absolute Gasteiger partial charge is 0.330 e. The number of hydrogen-bond acceptors (Lipinski definition) is 3. The van der Waals surface area contributed by atoms with Crippen LogP contribution in [0.4, 0.5) is 8.78 Å². The van der Waals surface area contributed by atoms with Gasteiger partial charge >= 0.3 is 5.76 Å². The Balaban J connectivity index is 4.07. The quantitative estimate of drug-likeness (QED) is 0.652. The Morgan fingerprint density at radius 1 is 1.50 bits per heavy atom. The second-order valence-electron chi connectivity index (χ2n) is 2.40. The van der Waals surface area contributed by atoms with E-state index >= 15 is 0 Å². The molecule has 12 heavy (non-hydrogen) atoms. The van der Waals surface area contributed by atoms with Gasteiger partial charge in [0.15, 0.2) is 0 Å². The number of halogens is 2. The first-order valence-corrected chi connectivity index (χ1v) is 4.94. The van der Waals surface area contributed by atoms with Gasteiger partial charge in [0.25, 0.3) is 10.0 Å². The normalized spacial score (nSPS) is 15.1. The highest BCUT2D eigenvalue weighted by atomic mass is 32.2. The van der Waals surface area contributed by atoms with Crippen LogP contribution in [0.1, 0.15) is 13.3 Å². The van der Waals surface area contributed by atoms with Crippen molar-refractivity contribution in [3.8, 4) is 0 Å². The van der Waals surface area contributed by atoms with Crippen LogP contribution >= 0.6 is 0 Å². The van der Waals surface area contributed by atoms with E-state index in [-0.39, 0.29) is 6.54 Å². The first-order valence-electron chi connectivity index (χ1n) is 3.39. The van der Waals surface area contributed by atoms with Crippen LogP contribution < -0.4 is 10.5 Å². The maximum absolute atomic E-state index is 11.7. The summed E-state index contributed by atoms with van der Waals surface area (Å²) in [4.78, 5) is 0. The number of rotatable bonds is 5. The fourth-order valence-electron chi connectivity index (χ4n) is 0.641. The molecule has 0 amide bonds. The van der Waals surface area contributed by atoms with Gasteiger partial charge in [-0.2, -0.15) is 8.78 Å². The molecule has 0 bridgehead atoms. The fraction of sp³-hybridized carbons (Fsp3) is 1.00. The predicted octanol–water partition coefficient (Wildman–Crippen LogP) is -0.134. The van der Waals surface area contributed by atoms with Gasteiger partial charge in [0, 0.05) is 6.04 Å². The minimum Gasteiger partial charge on any atom is -0.330 e. The van der Waals surface area contributed by atoms with Crippen LogP contribution in [-0.2, 0) is 10.0 Å². The van der Waals surface area contributed by atoms with Gasteiger partial charge in [-0.1, -0.05) is 0 Å². The molecule has 0 radical (unpaired) electrons. The fourth-order valence-corrected chi connectivity index (χ4v) is 1.42. The number of alkyl halides is 2. The van der Waals surface area contributed by atoms with Crippen molar-refractivity contribution in [3.63, 3.8) is 0 Å². The molecule has 0 saturated carbocycles. The Bertz CT molecular complexity index is 217. The number of nitrogens with two attached hydrogens (primary N) is 1. The third-order valence-electron chi connectivity index (χ3n) is 1.20. The molecule has 0 rings (SSSR count). The van der Waals surface area contributed by atoms with Gasteiger partial charge in [-0.15, -0.1) is 0 Å². The Kier molecular flexibility index (Phi) is 4.58. The topological polar surface area (TPSA) is 72.2 Å². The van der Waals surface area contributed by atoms with Crippen molar-refractivity contribution in [1.82, 2.24) is 4.72 Å². The molecule has 1 atom stereocenters. The molecule has 0 aromatic rings. The molecule has 1 unspecified atom stereocenters. The van der Waals surface area contributed by atoms with Gasteiger partial charge in [-0.3, -0.25) is 0 Å². The number of hydrogen-bond donors (Lipinski definition) is 2. The van der Waals surface area contributed by atoms with Crippen LogP contribution in [-0.4, -0.2) is 26.8 Å². The Hall–Kier alpha value is -0.270. The summed E-state index contributed by atoms with van der Waals surface area (Å²) in [6, 6.07) is -0.547. The highest BCUT2D eigenvalue weighted by molar-refractivity contribution is 7.89. The Morgan fingerprint density at radius 2 is 2.00 bits per heavy atom. The van der Waals surface area contributed by atoms with Gasteiger partial charge in [-0.05, 0) is 19.9 Å². The van der Waals surface area contributed by atoms with Crippen molar-refractivity contribution in [2.24, 2.45) is 5.73 Å². The Labute approximate surface area is 70.2 Å². The maximum Gasteiger partial charge on any atom is 0.350 e. The lowest BCUT2D eigenvalue weighted by molar-refractivity contribution is 0.231. The second kappa shape index (κ2) is 4.68. The molecule has 0 saturated heterocycles. The summed E-state index contributed by atoms with van der Waals surface area (Å²) in [5.41, 5.74) is 5.10. The van der Waals surface area contributed by atoms with E-state index in [9.17, 15) is 17.2 Å². The van der Waals surface area contributed by atoms with Crippen LogP contribution in [0.15, 0.2) is 0 Å². The van der Waals surface area contributed by atoms with Crippen molar-refractivity contribution in [3.05, 3.63) is 0 Å². The molecule has 7 heteroatoms. The highest BCUT2D eigenvalue weighted by Gasteiger charge is 2.24. The molecule has 4 nitrogen and oxygen atoms in total. The zero-order valence-electron chi connectivity index (χ0n) is 6.63. The van der Waals surface area contributed by atoms with Crippen molar-refractivity contribution in [2.45, 2.75) is 25.1 Å². The zero-order chi connectivity index (χ0) is 9.78. The second-order valence-corrected chi connectivity index (χ2v) is 4.08. The molecule has 3 N–H and O–H groups in total. The van der Waals surface area contributed by atoms with Gasteiger partial charge < -0.3 is 5.73 Å². The van der Waals surface area contributed by atoms with Gasteiger partial charge in [-0.25, -0.2) is 13.1 Å². The average Bonchev–Trinajstić information content (AvgIpc) is 1.85. The van der Waals surface area contributed by atoms with Crippen LogP contribution in [0.5, 0.6) is 0 Å². The summed E-state index contributed by atoms with van der Waals surface area (Å²) in [6.07, 6.45) is 0.339. The van der Waals surface area contributed by atoms with E-state index in [1.54, 1.807) is 4.72 Å². The van der Waals surface area contributed by atoms with Crippen molar-refractivity contribution in [1.29, 1.82) is 0 Å². The van der Waals surface area contributed by atoms with E-state index in [0.29, 0.717) is 6.42 Å². The standard InChI is InChI=1S/C5H12F2N2O2S/c1-4(2-3-8)9-12(10,11)5(6)7/h4-5,9H,2-3,8H2,1H3. The lowest BCUT2D eigenvalue weighted by atomic mass is 10.3. The summed E-state index contributed by atoms with van der Waals surface area (Å²) < 4.78 is 46.3. The van der Waals surface area contributed by atoms with E-state index in [0.717, 1.165) is 0 Å². The zero-order valence-corrected chi connectivity index (χ0v) is 7.44. The summed E-state index contributed by atoms with van der Waals surface area (Å²) in [7, 11) is -4.46. The van der Waals surface area contributed by atoms with Crippen molar-refractivity contribution >= 4 is 10.0 Å². The van der Waals surface area contributed by atoms with Crippen LogP contribution in [0.3, 0.4) is 0 Å².